The average molecular weight is 332 g/mol. The van der Waals surface area contributed by atoms with Gasteiger partial charge in [-0.1, -0.05) is 30.3 Å². The molecule has 4 rings (SSSR count). The van der Waals surface area contributed by atoms with E-state index in [1.165, 1.54) is 38.5 Å². The number of aromatic nitrogens is 2. The van der Waals surface area contributed by atoms with Crippen molar-refractivity contribution in [2.45, 2.75) is 27.7 Å². The molecule has 0 aliphatic rings. The number of rotatable bonds is 2. The van der Waals surface area contributed by atoms with Gasteiger partial charge in [-0.25, -0.2) is 4.98 Å². The van der Waals surface area contributed by atoms with E-state index in [-0.39, 0.29) is 0 Å². The summed E-state index contributed by atoms with van der Waals surface area (Å²) in [6.45, 7) is 8.73. The molecular weight excluding hydrogens is 312 g/mol. The highest BCUT2D eigenvalue weighted by Gasteiger charge is 2.17. The van der Waals surface area contributed by atoms with Crippen molar-refractivity contribution >= 4 is 21.6 Å². The number of hydrogen-bond donors (Lipinski definition) is 0. The van der Waals surface area contributed by atoms with Crippen LogP contribution in [0.2, 0.25) is 0 Å². The van der Waals surface area contributed by atoms with Crippen molar-refractivity contribution < 1.29 is 0 Å². The third kappa shape index (κ3) is 2.28. The molecule has 4 aromatic rings. The van der Waals surface area contributed by atoms with E-state index in [9.17, 15) is 0 Å². The molecule has 0 aliphatic heterocycles. The number of fused-ring (bicyclic) bond motifs is 1. The number of hydrogen-bond acceptors (Lipinski definition) is 2. The van der Waals surface area contributed by atoms with E-state index in [2.05, 4.69) is 74.7 Å². The van der Waals surface area contributed by atoms with E-state index in [4.69, 9.17) is 4.98 Å². The van der Waals surface area contributed by atoms with Crippen molar-refractivity contribution in [2.75, 3.05) is 0 Å². The third-order valence-electron chi connectivity index (χ3n) is 4.62. The predicted octanol–water partition coefficient (Wildman–Crippen LogP) is 5.99. The summed E-state index contributed by atoms with van der Waals surface area (Å²) in [6.07, 6.45) is 0. The van der Waals surface area contributed by atoms with Crippen molar-refractivity contribution in [3.05, 3.63) is 71.0 Å². The summed E-state index contributed by atoms with van der Waals surface area (Å²) in [7, 11) is 0. The zero-order valence-corrected chi connectivity index (χ0v) is 15.2. The number of benzene rings is 2. The van der Waals surface area contributed by atoms with Gasteiger partial charge in [0.2, 0.25) is 0 Å². The fourth-order valence-corrected chi connectivity index (χ4v) is 4.50. The molecule has 0 spiro atoms. The van der Waals surface area contributed by atoms with Gasteiger partial charge in [-0.05, 0) is 57.0 Å². The molecule has 3 heteroatoms. The van der Waals surface area contributed by atoms with E-state index in [1.54, 1.807) is 11.3 Å². The van der Waals surface area contributed by atoms with Crippen molar-refractivity contribution in [1.82, 2.24) is 9.55 Å². The highest BCUT2D eigenvalue weighted by Crippen LogP contribution is 2.35. The maximum Gasteiger partial charge on any atom is 0.126 e. The van der Waals surface area contributed by atoms with E-state index in [0.29, 0.717) is 0 Å². The number of aryl methyl sites for hydroxylation is 3. The Kier molecular flexibility index (Phi) is 3.54. The second-order valence-corrected chi connectivity index (χ2v) is 7.38. The minimum atomic E-state index is 1.08. The Hall–Kier alpha value is -2.39. The summed E-state index contributed by atoms with van der Waals surface area (Å²) in [5, 5.41) is 1.10. The summed E-state index contributed by atoms with van der Waals surface area (Å²) in [6, 6.07) is 17.1. The molecule has 120 valence electrons. The standard InChI is InChI=1S/C21H20N2S/c1-13-8-7-9-14(2)20(13)23-15(3)12-17(16(23)4)21-22-18-10-5-6-11-19(18)24-21/h5-12H,1-4H3. The van der Waals surface area contributed by atoms with E-state index in [1.807, 2.05) is 6.07 Å². The second-order valence-electron chi connectivity index (χ2n) is 6.35. The summed E-state index contributed by atoms with van der Waals surface area (Å²) < 4.78 is 3.61. The first-order valence-corrected chi connectivity index (χ1v) is 8.99. The van der Waals surface area contributed by atoms with Crippen LogP contribution in [-0.2, 0) is 0 Å². The van der Waals surface area contributed by atoms with Crippen LogP contribution < -0.4 is 0 Å². The zero-order valence-electron chi connectivity index (χ0n) is 14.4. The van der Waals surface area contributed by atoms with Crippen LogP contribution in [0.3, 0.4) is 0 Å². The Balaban J connectivity index is 1.94. The monoisotopic (exact) mass is 332 g/mol. The van der Waals surface area contributed by atoms with E-state index >= 15 is 0 Å². The van der Waals surface area contributed by atoms with Crippen LogP contribution in [0.25, 0.3) is 26.5 Å². The highest BCUT2D eigenvalue weighted by molar-refractivity contribution is 7.21. The van der Waals surface area contributed by atoms with Gasteiger partial charge in [-0.2, -0.15) is 0 Å². The van der Waals surface area contributed by atoms with Gasteiger partial charge >= 0.3 is 0 Å². The van der Waals surface area contributed by atoms with Gasteiger partial charge in [0.05, 0.1) is 15.9 Å². The molecule has 24 heavy (non-hydrogen) atoms. The molecule has 0 saturated carbocycles. The van der Waals surface area contributed by atoms with Gasteiger partial charge in [0, 0.05) is 17.0 Å². The largest absolute Gasteiger partial charge is 0.317 e. The normalized spacial score (nSPS) is 11.3. The van der Waals surface area contributed by atoms with E-state index < -0.39 is 0 Å². The predicted molar refractivity (Wildman–Crippen MR) is 103 cm³/mol. The van der Waals surface area contributed by atoms with Gasteiger partial charge in [0.25, 0.3) is 0 Å². The molecule has 0 aliphatic carbocycles. The van der Waals surface area contributed by atoms with Crippen LogP contribution in [0.5, 0.6) is 0 Å². The topological polar surface area (TPSA) is 17.8 Å². The maximum atomic E-state index is 4.84. The van der Waals surface area contributed by atoms with Crippen LogP contribution in [0.15, 0.2) is 48.5 Å². The number of para-hydroxylation sites is 2. The van der Waals surface area contributed by atoms with E-state index in [0.717, 1.165) is 10.5 Å². The Morgan fingerprint density at radius 1 is 0.875 bits per heavy atom. The number of nitrogens with zero attached hydrogens (tertiary/aromatic N) is 2. The molecule has 2 heterocycles. The Morgan fingerprint density at radius 2 is 1.58 bits per heavy atom. The van der Waals surface area contributed by atoms with Gasteiger partial charge in [0.1, 0.15) is 5.01 Å². The first-order chi connectivity index (χ1) is 11.6. The Morgan fingerprint density at radius 3 is 2.29 bits per heavy atom. The third-order valence-corrected chi connectivity index (χ3v) is 5.69. The lowest BCUT2D eigenvalue weighted by molar-refractivity contribution is 0.945. The molecule has 0 unspecified atom stereocenters. The smallest absolute Gasteiger partial charge is 0.126 e. The molecule has 0 fully saturated rings. The molecule has 2 aromatic heterocycles. The maximum absolute atomic E-state index is 4.84. The average Bonchev–Trinajstić information content (AvgIpc) is 3.10. The number of thiazole rings is 1. The molecule has 0 atom stereocenters. The second kappa shape index (κ2) is 5.60. The molecule has 0 N–H and O–H groups in total. The first kappa shape index (κ1) is 15.2. The molecule has 2 nitrogen and oxygen atoms in total. The van der Waals surface area contributed by atoms with Crippen molar-refractivity contribution in [3.63, 3.8) is 0 Å². The summed E-state index contributed by atoms with van der Waals surface area (Å²) >= 11 is 1.77. The zero-order chi connectivity index (χ0) is 16.8. The molecule has 0 amide bonds. The summed E-state index contributed by atoms with van der Waals surface area (Å²) in [5.41, 5.74) is 8.70. The quantitative estimate of drug-likeness (QED) is 0.441. The minimum absolute atomic E-state index is 1.08. The van der Waals surface area contributed by atoms with Crippen LogP contribution in [0.1, 0.15) is 22.5 Å². The van der Waals surface area contributed by atoms with Crippen LogP contribution >= 0.6 is 11.3 Å². The molecule has 0 saturated heterocycles. The SMILES string of the molecule is Cc1cccc(C)c1-n1c(C)cc(-c2nc3ccccc3s2)c1C. The van der Waals surface area contributed by atoms with Crippen LogP contribution in [-0.4, -0.2) is 9.55 Å². The highest BCUT2D eigenvalue weighted by atomic mass is 32.1. The Labute approximate surface area is 146 Å². The van der Waals surface area contributed by atoms with Crippen molar-refractivity contribution in [3.8, 4) is 16.3 Å². The fraction of sp³-hybridized carbons (Fsp3) is 0.190. The molecule has 0 bridgehead atoms. The Bertz CT molecular complexity index is 1000. The van der Waals surface area contributed by atoms with Crippen molar-refractivity contribution in [2.24, 2.45) is 0 Å². The van der Waals surface area contributed by atoms with Gasteiger partial charge in [-0.15, -0.1) is 11.3 Å². The lowest BCUT2D eigenvalue weighted by Crippen LogP contribution is -2.03. The molecular formula is C21H20N2S. The lowest BCUT2D eigenvalue weighted by Gasteiger charge is -2.15. The minimum Gasteiger partial charge on any atom is -0.317 e. The van der Waals surface area contributed by atoms with Crippen LogP contribution in [0, 0.1) is 27.7 Å². The fourth-order valence-electron chi connectivity index (χ4n) is 3.47. The van der Waals surface area contributed by atoms with Gasteiger partial charge in [0.15, 0.2) is 0 Å². The molecule has 2 aromatic carbocycles. The van der Waals surface area contributed by atoms with Gasteiger partial charge < -0.3 is 4.57 Å². The summed E-state index contributed by atoms with van der Waals surface area (Å²) in [4.78, 5) is 4.84. The lowest BCUT2D eigenvalue weighted by atomic mass is 10.1. The van der Waals surface area contributed by atoms with Gasteiger partial charge in [-0.3, -0.25) is 0 Å². The molecule has 0 radical (unpaired) electrons. The van der Waals surface area contributed by atoms with Crippen molar-refractivity contribution in [1.29, 1.82) is 0 Å². The van der Waals surface area contributed by atoms with Crippen LogP contribution in [0.4, 0.5) is 0 Å². The first-order valence-electron chi connectivity index (χ1n) is 8.17. The summed E-state index contributed by atoms with van der Waals surface area (Å²) in [5.74, 6) is 0.